The molecule has 1 atom stereocenters. The van der Waals surface area contributed by atoms with E-state index in [1.807, 2.05) is 13.8 Å². The Morgan fingerprint density at radius 1 is 1.75 bits per heavy atom. The quantitative estimate of drug-likeness (QED) is 0.547. The van der Waals surface area contributed by atoms with Crippen molar-refractivity contribution in [3.63, 3.8) is 0 Å². The highest BCUT2D eigenvalue weighted by Gasteiger charge is 2.33. The number of hydrogen-bond acceptors (Lipinski definition) is 6. The summed E-state index contributed by atoms with van der Waals surface area (Å²) in [6, 6.07) is 0. The van der Waals surface area contributed by atoms with Crippen LogP contribution in [0.5, 0.6) is 0 Å². The second-order valence-corrected chi connectivity index (χ2v) is 3.97. The smallest absolute Gasteiger partial charge is 0.390 e. The zero-order chi connectivity index (χ0) is 11.8. The third-order valence-corrected chi connectivity index (χ3v) is 2.15. The zero-order valence-corrected chi connectivity index (χ0v) is 8.99. The van der Waals surface area contributed by atoms with Gasteiger partial charge in [-0.15, -0.1) is 0 Å². The predicted molar refractivity (Wildman–Crippen MR) is 51.6 cm³/mol. The first-order valence-electron chi connectivity index (χ1n) is 4.82. The topological polar surface area (TPSA) is 92.3 Å². The van der Waals surface area contributed by atoms with E-state index in [1.54, 1.807) is 0 Å². The van der Waals surface area contributed by atoms with E-state index >= 15 is 0 Å². The highest BCUT2D eigenvalue weighted by molar-refractivity contribution is 4.97. The zero-order valence-electron chi connectivity index (χ0n) is 8.99. The minimum atomic E-state index is -0.632. The van der Waals surface area contributed by atoms with Gasteiger partial charge in [0.25, 0.3) is 0 Å². The van der Waals surface area contributed by atoms with Gasteiger partial charge in [0.05, 0.1) is 13.2 Å². The first kappa shape index (κ1) is 11.0. The molecular weight excluding hydrogens is 216 g/mol. The van der Waals surface area contributed by atoms with E-state index < -0.39 is 16.7 Å². The van der Waals surface area contributed by atoms with E-state index in [4.69, 9.17) is 9.47 Å². The fraction of sp³-hybridized carbons (Fsp3) is 0.750. The van der Waals surface area contributed by atoms with Gasteiger partial charge in [-0.1, -0.05) is 4.98 Å². The van der Waals surface area contributed by atoms with E-state index in [0.717, 1.165) is 0 Å². The van der Waals surface area contributed by atoms with Crippen molar-refractivity contribution in [3.05, 3.63) is 16.4 Å². The van der Waals surface area contributed by atoms with Crippen molar-refractivity contribution in [3.8, 4) is 0 Å². The van der Waals surface area contributed by atoms with Crippen LogP contribution < -0.4 is 0 Å². The van der Waals surface area contributed by atoms with Gasteiger partial charge < -0.3 is 19.6 Å². The summed E-state index contributed by atoms with van der Waals surface area (Å²) in [6.07, 6.45) is 1.16. The van der Waals surface area contributed by atoms with Crippen molar-refractivity contribution >= 4 is 5.95 Å². The summed E-state index contributed by atoms with van der Waals surface area (Å²) in [4.78, 5) is 13.3. The molecule has 1 unspecified atom stereocenters. The Hall–Kier alpha value is -1.54. The van der Waals surface area contributed by atoms with E-state index in [-0.39, 0.29) is 6.10 Å². The minimum Gasteiger partial charge on any atom is -0.390 e. The molecule has 8 heteroatoms. The van der Waals surface area contributed by atoms with Crippen LogP contribution in [0.25, 0.3) is 0 Å². The Morgan fingerprint density at radius 2 is 2.50 bits per heavy atom. The van der Waals surface area contributed by atoms with E-state index in [2.05, 4.69) is 10.1 Å². The molecule has 0 amide bonds. The maximum atomic E-state index is 10.4. The summed E-state index contributed by atoms with van der Waals surface area (Å²) in [5.74, 6) is -1.00. The van der Waals surface area contributed by atoms with E-state index in [1.165, 1.54) is 11.0 Å². The average Bonchev–Trinajstić information content (AvgIpc) is 2.73. The van der Waals surface area contributed by atoms with Gasteiger partial charge >= 0.3 is 5.95 Å². The van der Waals surface area contributed by atoms with Crippen molar-refractivity contribution in [2.24, 2.45) is 0 Å². The second-order valence-electron chi connectivity index (χ2n) is 3.97. The molecule has 2 heterocycles. The third-order valence-electron chi connectivity index (χ3n) is 2.15. The molecule has 0 aliphatic carbocycles. The van der Waals surface area contributed by atoms with Crippen LogP contribution in [0.1, 0.15) is 13.8 Å². The molecule has 2 rings (SSSR count). The van der Waals surface area contributed by atoms with Gasteiger partial charge in [0.15, 0.2) is 5.79 Å². The summed E-state index contributed by atoms with van der Waals surface area (Å²) in [5.41, 5.74) is 0. The molecule has 1 aliphatic rings. The molecule has 1 aromatic rings. The lowest BCUT2D eigenvalue weighted by Crippen LogP contribution is -2.24. The van der Waals surface area contributed by atoms with Crippen molar-refractivity contribution in [1.82, 2.24) is 14.8 Å². The lowest BCUT2D eigenvalue weighted by Gasteiger charge is -2.16. The summed E-state index contributed by atoms with van der Waals surface area (Å²) in [6.45, 7) is 4.47. The molecule has 1 aliphatic heterocycles. The fourth-order valence-electron chi connectivity index (χ4n) is 1.52. The van der Waals surface area contributed by atoms with Gasteiger partial charge in [-0.25, -0.2) is 0 Å². The van der Waals surface area contributed by atoms with Crippen LogP contribution in [0.3, 0.4) is 0 Å². The Kier molecular flexibility index (Phi) is 2.60. The molecule has 1 saturated heterocycles. The van der Waals surface area contributed by atoms with Crippen LogP contribution in [0.4, 0.5) is 5.95 Å². The van der Waals surface area contributed by atoms with Gasteiger partial charge in [-0.3, -0.25) is 0 Å². The minimum absolute atomic E-state index is 0.156. The Morgan fingerprint density at radius 3 is 3.00 bits per heavy atom. The number of nitrogens with zero attached hydrogens (tertiary/aromatic N) is 4. The number of hydrogen-bond donors (Lipinski definition) is 0. The Bertz CT molecular complexity index is 402. The third kappa shape index (κ3) is 2.34. The number of ether oxygens (including phenoxy) is 2. The molecule has 1 fully saturated rings. The van der Waals surface area contributed by atoms with Crippen molar-refractivity contribution in [1.29, 1.82) is 0 Å². The van der Waals surface area contributed by atoms with Crippen molar-refractivity contribution in [2.45, 2.75) is 32.3 Å². The maximum absolute atomic E-state index is 10.4. The van der Waals surface area contributed by atoms with Gasteiger partial charge in [-0.2, -0.15) is 4.68 Å². The van der Waals surface area contributed by atoms with Crippen LogP contribution in [-0.4, -0.2) is 38.2 Å². The first-order chi connectivity index (χ1) is 7.46. The summed E-state index contributed by atoms with van der Waals surface area (Å²) in [5, 5.41) is 14.1. The van der Waals surface area contributed by atoms with Crippen molar-refractivity contribution in [2.75, 3.05) is 6.61 Å². The fourth-order valence-corrected chi connectivity index (χ4v) is 1.52. The van der Waals surface area contributed by atoms with Crippen molar-refractivity contribution < 1.29 is 14.4 Å². The lowest BCUT2D eigenvalue weighted by molar-refractivity contribution is -0.394. The molecule has 0 bridgehead atoms. The Balaban J connectivity index is 1.97. The molecule has 0 saturated carbocycles. The molecule has 88 valence electrons. The molecule has 0 aromatic carbocycles. The van der Waals surface area contributed by atoms with Gasteiger partial charge in [0.1, 0.15) is 6.10 Å². The molecule has 0 radical (unpaired) electrons. The number of nitro groups is 1. The van der Waals surface area contributed by atoms with Crippen LogP contribution in [-0.2, 0) is 16.0 Å². The Labute approximate surface area is 91.3 Å². The number of rotatable bonds is 3. The van der Waals surface area contributed by atoms with E-state index in [0.29, 0.717) is 13.2 Å². The lowest BCUT2D eigenvalue weighted by atomic mass is 10.4. The largest absolute Gasteiger partial charge is 0.490 e. The number of aromatic nitrogens is 3. The molecule has 0 N–H and O–H groups in total. The second kappa shape index (κ2) is 3.80. The van der Waals surface area contributed by atoms with Gasteiger partial charge in [0.2, 0.25) is 6.33 Å². The highest BCUT2D eigenvalue weighted by Crippen LogP contribution is 2.23. The monoisotopic (exact) mass is 228 g/mol. The normalized spacial score (nSPS) is 23.5. The van der Waals surface area contributed by atoms with Gasteiger partial charge in [-0.05, 0) is 18.8 Å². The first-order valence-corrected chi connectivity index (χ1v) is 4.82. The predicted octanol–water partition coefficient (Wildman–Crippen LogP) is 0.338. The van der Waals surface area contributed by atoms with E-state index in [9.17, 15) is 10.1 Å². The average molecular weight is 228 g/mol. The summed E-state index contributed by atoms with van der Waals surface area (Å²) >= 11 is 0. The molecule has 1 aromatic heterocycles. The molecular formula is C8H12N4O4. The summed E-state index contributed by atoms with van der Waals surface area (Å²) < 4.78 is 12.3. The van der Waals surface area contributed by atoms with Crippen LogP contribution in [0.15, 0.2) is 6.33 Å². The molecule has 8 nitrogen and oxygen atoms in total. The molecule has 0 spiro atoms. The van der Waals surface area contributed by atoms with Gasteiger partial charge in [0, 0.05) is 5.10 Å². The van der Waals surface area contributed by atoms with Crippen LogP contribution >= 0.6 is 0 Å². The SMILES string of the molecule is CC1(C)OCC(Cn2cnc([N+](=O)[O-])n2)O1. The van der Waals surface area contributed by atoms with Crippen LogP contribution in [0, 0.1) is 10.1 Å². The molecule has 16 heavy (non-hydrogen) atoms. The van der Waals surface area contributed by atoms with Crippen LogP contribution in [0.2, 0.25) is 0 Å². The standard InChI is InChI=1S/C8H12N4O4/c1-8(2)15-4-6(16-8)3-11-5-9-7(10-11)12(13)14/h5-6H,3-4H2,1-2H3. The summed E-state index contributed by atoms with van der Waals surface area (Å²) in [7, 11) is 0. The highest BCUT2D eigenvalue weighted by atomic mass is 16.7. The maximum Gasteiger partial charge on any atom is 0.490 e.